The average molecular weight is 125 g/mol. The van der Waals surface area contributed by atoms with Crippen LogP contribution in [0.2, 0.25) is 0 Å². The minimum atomic E-state index is -0.750. The lowest BCUT2D eigenvalue weighted by molar-refractivity contribution is -0.191. The Balaban J connectivity index is -0.0000000400. The molecule has 0 atom stereocenters. The van der Waals surface area contributed by atoms with Gasteiger partial charge in [-0.05, 0) is 0 Å². The lowest BCUT2D eigenvalue weighted by Gasteiger charge is -0.947. The molecule has 42 valence electrons. The fraction of sp³-hybridized carbons (Fsp3) is 0. The Bertz CT molecular complexity index is 65.7. The van der Waals surface area contributed by atoms with Gasteiger partial charge in [0.15, 0.2) is 0 Å². The first-order valence-corrected chi connectivity index (χ1v) is 1.41. The minimum Gasteiger partial charge on any atom is -0.344 e. The summed E-state index contributed by atoms with van der Waals surface area (Å²) in [5, 5.41) is 0. The Labute approximate surface area is 42.9 Å². The van der Waals surface area contributed by atoms with Crippen molar-refractivity contribution in [1.29, 1.82) is 0 Å². The Morgan fingerprint density at radius 2 is 1.14 bits per heavy atom. The second kappa shape index (κ2) is 66.4. The minimum absolute atomic E-state index is 0. The quantitative estimate of drug-likeness (QED) is 0.443. The molecule has 0 unspecified atom stereocenters. The molecule has 0 aromatic rings. The van der Waals surface area contributed by atoms with E-state index in [-0.39, 0.29) is 12.3 Å². The van der Waals surface area contributed by atoms with Gasteiger partial charge >= 0.3 is 17.7 Å². The lowest BCUT2D eigenvalue weighted by atomic mass is 11.8. The fourth-order valence-corrected chi connectivity index (χ4v) is 0. The maximum Gasteiger partial charge on any atom is 0.373 e. The third kappa shape index (κ3) is 73.0. The summed E-state index contributed by atoms with van der Waals surface area (Å²) >= 11 is -0.750. The summed E-state index contributed by atoms with van der Waals surface area (Å²) in [5.74, 6) is 0. The molecule has 0 aliphatic heterocycles. The molecule has 6 heteroatoms. The fourth-order valence-electron chi connectivity index (χ4n) is 0. The first-order valence-electron chi connectivity index (χ1n) is 0.742. The highest BCUT2D eigenvalue weighted by Crippen LogP contribution is 0.846. The van der Waals surface area contributed by atoms with E-state index in [4.69, 9.17) is 18.0 Å². The van der Waals surface area contributed by atoms with Gasteiger partial charge in [0.1, 0.15) is 0 Å². The van der Waals surface area contributed by atoms with Crippen molar-refractivity contribution in [3.05, 3.63) is 0 Å². The molecular formula is CH3NO4S. The van der Waals surface area contributed by atoms with Crippen LogP contribution >= 0.6 is 0 Å². The molecular weight excluding hydrogens is 122 g/mol. The molecule has 0 spiro atoms. The Morgan fingerprint density at radius 1 is 1.14 bits per heavy atom. The molecule has 0 aromatic heterocycles. The summed E-state index contributed by atoms with van der Waals surface area (Å²) in [5.41, 5.74) is 0. The number of hydrogen-bond acceptors (Lipinski definition) is 5. The molecule has 0 aliphatic carbocycles. The van der Waals surface area contributed by atoms with Crippen molar-refractivity contribution in [3.8, 4) is 0 Å². The predicted octanol–water partition coefficient (Wildman–Crippen LogP) is -1.09. The van der Waals surface area contributed by atoms with E-state index in [2.05, 4.69) is 0 Å². The van der Waals surface area contributed by atoms with Crippen molar-refractivity contribution in [2.75, 3.05) is 0 Å². The molecule has 0 saturated heterocycles. The Morgan fingerprint density at radius 3 is 1.14 bits per heavy atom. The normalized spacial score (nSPS) is 2.86. The monoisotopic (exact) mass is 125 g/mol. The van der Waals surface area contributed by atoms with Crippen LogP contribution in [0.1, 0.15) is 0 Å². The van der Waals surface area contributed by atoms with E-state index in [0.29, 0.717) is 0 Å². The maximum absolute atomic E-state index is 8.29. The topological polar surface area (TPSA) is 103 Å². The van der Waals surface area contributed by atoms with E-state index in [9.17, 15) is 0 Å². The van der Waals surface area contributed by atoms with E-state index in [1.54, 1.807) is 0 Å². The van der Waals surface area contributed by atoms with Crippen LogP contribution in [0.4, 0.5) is 0 Å². The second-order valence-corrected chi connectivity index (χ2v) is 0.287. The summed E-state index contributed by atoms with van der Waals surface area (Å²) in [7, 11) is 0. The molecule has 0 fully saturated rings. The van der Waals surface area contributed by atoms with Crippen molar-refractivity contribution < 1.29 is 18.0 Å². The Kier molecular flexibility index (Phi) is 156. The standard InChI is InChI=1S/CO2.H3N.O2S/c2-1-3;;1-3-2/h;1H3;. The molecule has 0 radical (unpaired) electrons. The van der Waals surface area contributed by atoms with Crippen molar-refractivity contribution >= 4 is 17.7 Å². The van der Waals surface area contributed by atoms with Gasteiger partial charge in [0, 0.05) is 0 Å². The van der Waals surface area contributed by atoms with Crippen LogP contribution in [-0.4, -0.2) is 14.6 Å². The van der Waals surface area contributed by atoms with Gasteiger partial charge in [0.2, 0.25) is 0 Å². The molecule has 3 N–H and O–H groups in total. The molecule has 0 heterocycles. The first kappa shape index (κ1) is 16.4. The smallest absolute Gasteiger partial charge is 0.344 e. The van der Waals surface area contributed by atoms with Gasteiger partial charge in [-0.15, -0.1) is 0 Å². The summed E-state index contributed by atoms with van der Waals surface area (Å²) in [6.07, 6.45) is 0.250. The van der Waals surface area contributed by atoms with Crippen LogP contribution in [0.25, 0.3) is 0 Å². The van der Waals surface area contributed by atoms with Gasteiger partial charge in [-0.25, -0.2) is 0 Å². The van der Waals surface area contributed by atoms with E-state index >= 15 is 0 Å². The van der Waals surface area contributed by atoms with E-state index in [0.717, 1.165) is 0 Å². The molecule has 7 heavy (non-hydrogen) atoms. The molecule has 0 amide bonds. The van der Waals surface area contributed by atoms with Crippen LogP contribution in [0.15, 0.2) is 0 Å². The summed E-state index contributed by atoms with van der Waals surface area (Å²) in [6, 6.07) is 0. The SMILES string of the molecule is N.O=C=O.O=S=O. The highest BCUT2D eigenvalue weighted by molar-refractivity contribution is 7.51. The zero-order valence-electron chi connectivity index (χ0n) is 3.25. The molecule has 0 rings (SSSR count). The zero-order chi connectivity index (χ0) is 5.41. The molecule has 0 aliphatic rings. The van der Waals surface area contributed by atoms with Crippen LogP contribution in [0, 0.1) is 0 Å². The molecule has 0 bridgehead atoms. The number of carbonyl (C=O) groups excluding carboxylic acids is 2. The molecule has 0 aromatic carbocycles. The second-order valence-electron chi connectivity index (χ2n) is 0.151. The highest BCUT2D eigenvalue weighted by atomic mass is 32.1. The van der Waals surface area contributed by atoms with Crippen LogP contribution < -0.4 is 6.15 Å². The van der Waals surface area contributed by atoms with Gasteiger partial charge in [-0.1, -0.05) is 0 Å². The number of hydrogen-bond donors (Lipinski definition) is 1. The number of rotatable bonds is 0. The van der Waals surface area contributed by atoms with Crippen molar-refractivity contribution in [1.82, 2.24) is 6.15 Å². The van der Waals surface area contributed by atoms with Gasteiger partial charge in [0.05, 0.1) is 0 Å². The van der Waals surface area contributed by atoms with E-state index in [1.807, 2.05) is 0 Å². The van der Waals surface area contributed by atoms with Crippen molar-refractivity contribution in [2.24, 2.45) is 0 Å². The van der Waals surface area contributed by atoms with E-state index < -0.39 is 11.6 Å². The highest BCUT2D eigenvalue weighted by Gasteiger charge is 1.13. The lowest BCUT2D eigenvalue weighted by Crippen LogP contribution is -1.22. The van der Waals surface area contributed by atoms with Crippen LogP contribution in [-0.2, 0) is 21.2 Å². The van der Waals surface area contributed by atoms with Gasteiger partial charge < -0.3 is 6.15 Å². The molecule has 0 saturated carbocycles. The predicted molar refractivity (Wildman–Crippen MR) is 18.9 cm³/mol. The summed E-state index contributed by atoms with van der Waals surface area (Å²) in [6.45, 7) is 0. The van der Waals surface area contributed by atoms with E-state index in [1.165, 1.54) is 0 Å². The van der Waals surface area contributed by atoms with Crippen LogP contribution in [0.3, 0.4) is 0 Å². The summed E-state index contributed by atoms with van der Waals surface area (Å²) < 4.78 is 16.6. The third-order valence-electron chi connectivity index (χ3n) is 0. The summed E-state index contributed by atoms with van der Waals surface area (Å²) in [4.78, 5) is 16.2. The van der Waals surface area contributed by atoms with Gasteiger partial charge in [-0.3, -0.25) is 0 Å². The maximum atomic E-state index is 8.29. The van der Waals surface area contributed by atoms with Crippen molar-refractivity contribution in [3.63, 3.8) is 0 Å². The van der Waals surface area contributed by atoms with Crippen LogP contribution in [0.5, 0.6) is 0 Å². The molecule has 5 nitrogen and oxygen atoms in total. The zero-order valence-corrected chi connectivity index (χ0v) is 4.06. The Hall–Kier alpha value is -0.840. The third-order valence-corrected chi connectivity index (χ3v) is 0. The van der Waals surface area contributed by atoms with Crippen molar-refractivity contribution in [2.45, 2.75) is 0 Å². The first-order chi connectivity index (χ1) is 2.83. The van der Waals surface area contributed by atoms with Gasteiger partial charge in [0.25, 0.3) is 0 Å². The average Bonchev–Trinajstić information content (AvgIpc) is 1.39. The van der Waals surface area contributed by atoms with Gasteiger partial charge in [-0.2, -0.15) is 18.0 Å². The largest absolute Gasteiger partial charge is 0.373 e.